The first-order valence-electron chi connectivity index (χ1n) is 18.6. The molecule has 8 aromatic rings. The van der Waals surface area contributed by atoms with E-state index in [1.807, 2.05) is 56.6 Å². The average molecular weight is 849 g/mol. The average Bonchev–Trinajstić information content (AvgIpc) is 4.08. The van der Waals surface area contributed by atoms with Gasteiger partial charge in [0.25, 0.3) is 0 Å². The Morgan fingerprint density at radius 1 is 0.667 bits per heavy atom. The highest BCUT2D eigenvalue weighted by molar-refractivity contribution is 7.12. The van der Waals surface area contributed by atoms with E-state index in [2.05, 4.69) is 30.8 Å². The number of halogens is 2. The van der Waals surface area contributed by atoms with Crippen LogP contribution >= 0.6 is 22.7 Å². The van der Waals surface area contributed by atoms with E-state index < -0.39 is 35.0 Å². The summed E-state index contributed by atoms with van der Waals surface area (Å²) in [6.07, 6.45) is 10.1. The van der Waals surface area contributed by atoms with Crippen molar-refractivity contribution in [3.63, 3.8) is 0 Å². The van der Waals surface area contributed by atoms with Gasteiger partial charge < -0.3 is 9.47 Å². The molecule has 0 aliphatic carbocycles. The van der Waals surface area contributed by atoms with Crippen molar-refractivity contribution < 1.29 is 27.8 Å². The van der Waals surface area contributed by atoms with Crippen molar-refractivity contribution >= 4 is 34.6 Å². The third-order valence-electron chi connectivity index (χ3n) is 10.0. The molecule has 0 saturated heterocycles. The molecule has 0 aliphatic heterocycles. The molecule has 0 spiro atoms. The zero-order valence-electron chi connectivity index (χ0n) is 32.7. The predicted molar refractivity (Wildman–Crippen MR) is 220 cm³/mol. The second kappa shape index (κ2) is 16.6. The van der Waals surface area contributed by atoms with Crippen LogP contribution in [-0.2, 0) is 43.6 Å². The minimum absolute atomic E-state index is 0.159. The number of carbonyl (C=O) groups excluding carboxylic acids is 2. The molecule has 0 amide bonds. The fourth-order valence-electron chi connectivity index (χ4n) is 7.00. The topological polar surface area (TPSA) is 148 Å². The van der Waals surface area contributed by atoms with E-state index in [9.17, 15) is 18.4 Å². The Morgan fingerprint density at radius 3 is 1.48 bits per heavy atom. The Balaban J connectivity index is 1.11. The van der Waals surface area contributed by atoms with Crippen LogP contribution < -0.4 is 10.6 Å². The fourth-order valence-corrected chi connectivity index (χ4v) is 8.31. The zero-order valence-corrected chi connectivity index (χ0v) is 34.4. The molecule has 2 unspecified atom stereocenters. The van der Waals surface area contributed by atoms with Crippen molar-refractivity contribution in [3.05, 3.63) is 166 Å². The quantitative estimate of drug-likeness (QED) is 0.0657. The molecule has 0 bridgehead atoms. The van der Waals surface area contributed by atoms with E-state index in [1.165, 1.54) is 68.7 Å². The first-order chi connectivity index (χ1) is 28.9. The van der Waals surface area contributed by atoms with Gasteiger partial charge in [0.1, 0.15) is 11.6 Å². The van der Waals surface area contributed by atoms with Crippen molar-refractivity contribution in [3.8, 4) is 21.6 Å². The lowest BCUT2D eigenvalue weighted by atomic mass is 10.0. The Bertz CT molecular complexity index is 2590. The number of thiazole rings is 2. The molecule has 2 atom stereocenters. The third-order valence-corrected chi connectivity index (χ3v) is 11.6. The van der Waals surface area contributed by atoms with Gasteiger partial charge in [-0.05, 0) is 88.4 Å². The van der Waals surface area contributed by atoms with Crippen LogP contribution in [0.3, 0.4) is 0 Å². The lowest BCUT2D eigenvalue weighted by molar-refractivity contribution is -0.190. The molecular formula is C42H38F2N10O4S2. The summed E-state index contributed by atoms with van der Waals surface area (Å²) in [5, 5.41) is 20.8. The van der Waals surface area contributed by atoms with Gasteiger partial charge in [-0.25, -0.2) is 37.7 Å². The van der Waals surface area contributed by atoms with Gasteiger partial charge in [0.2, 0.25) is 0 Å². The lowest BCUT2D eigenvalue weighted by Gasteiger charge is -2.33. The zero-order chi connectivity index (χ0) is 42.0. The summed E-state index contributed by atoms with van der Waals surface area (Å²) in [5.41, 5.74) is 0.936. The number of hydrogen-bond acceptors (Lipinski definition) is 12. The summed E-state index contributed by atoms with van der Waals surface area (Å²) < 4.78 is 47.7. The molecule has 2 N–H and O–H groups in total. The fraction of sp³-hybridized carbons (Fsp3) is 0.190. The van der Waals surface area contributed by atoms with Crippen molar-refractivity contribution in [2.45, 2.75) is 52.2 Å². The maximum atomic E-state index is 14.3. The molecule has 0 radical (unpaired) electrons. The lowest BCUT2D eigenvalue weighted by Crippen LogP contribution is -2.48. The molecule has 0 saturated carbocycles. The van der Waals surface area contributed by atoms with Crippen LogP contribution in [0.25, 0.3) is 21.6 Å². The Kier molecular flexibility index (Phi) is 11.1. The van der Waals surface area contributed by atoms with Gasteiger partial charge in [0, 0.05) is 71.4 Å². The monoisotopic (exact) mass is 848 g/mol. The summed E-state index contributed by atoms with van der Waals surface area (Å²) >= 11 is 2.91. The van der Waals surface area contributed by atoms with Crippen LogP contribution in [0.5, 0.6) is 0 Å². The van der Waals surface area contributed by atoms with Crippen molar-refractivity contribution in [1.82, 2.24) is 49.3 Å². The third kappa shape index (κ3) is 8.04. The second-order valence-corrected chi connectivity index (χ2v) is 15.7. The molecule has 60 heavy (non-hydrogen) atoms. The van der Waals surface area contributed by atoms with E-state index in [0.29, 0.717) is 33.9 Å². The van der Waals surface area contributed by atoms with E-state index in [4.69, 9.17) is 9.47 Å². The summed E-state index contributed by atoms with van der Waals surface area (Å²) in [6.45, 7) is 7.02. The van der Waals surface area contributed by atoms with Crippen LogP contribution in [0, 0.1) is 25.5 Å². The number of benzene rings is 2. The highest BCUT2D eigenvalue weighted by atomic mass is 32.1. The maximum absolute atomic E-state index is 14.3. The molecule has 0 aliphatic rings. The Morgan fingerprint density at radius 2 is 1.10 bits per heavy atom. The number of aromatic nitrogens is 8. The van der Waals surface area contributed by atoms with Crippen LogP contribution in [0.15, 0.2) is 121 Å². The van der Waals surface area contributed by atoms with Gasteiger partial charge in [-0.15, -0.1) is 22.7 Å². The number of nitrogens with one attached hydrogen (secondary N) is 2. The molecule has 6 heterocycles. The maximum Gasteiger partial charge on any atom is 0.419 e. The summed E-state index contributed by atoms with van der Waals surface area (Å²) in [6, 6.07) is 19.4. The largest absolute Gasteiger partial charge is 0.431 e. The molecule has 6 aromatic heterocycles. The van der Waals surface area contributed by atoms with Crippen LogP contribution in [0.4, 0.5) is 8.78 Å². The molecule has 18 heteroatoms. The van der Waals surface area contributed by atoms with Crippen molar-refractivity contribution in [2.75, 3.05) is 0 Å². The molecule has 8 rings (SSSR count). The number of hydrogen-bond donors (Lipinski definition) is 2. The first-order valence-corrected chi connectivity index (χ1v) is 20.4. The normalized spacial score (nSPS) is 13.5. The minimum Gasteiger partial charge on any atom is -0.431 e. The second-order valence-electron chi connectivity index (χ2n) is 14.0. The standard InChI is InChI=1S/C42H38F2N10O4S2/c1-27-35(25-49-53(27)31-11-5-9-29(43)21-31)41(3,47-23-33-13-7-17-51(33)39-45-15-19-59-39)57-37(55)38(56)58-42(4,48-24-34-14-8-18-52(34)40-46-16-20-60-40)36-26-50-54(28(36)2)32-12-6-10-30(44)22-32/h5-22,25-26,47-48H,23-24H2,1-4H3. The van der Waals surface area contributed by atoms with E-state index in [-0.39, 0.29) is 13.1 Å². The number of esters is 2. The van der Waals surface area contributed by atoms with Crippen LogP contribution in [-0.4, -0.2) is 50.6 Å². The summed E-state index contributed by atoms with van der Waals surface area (Å²) in [4.78, 5) is 37.1. The number of carbonyl (C=O) groups is 2. The van der Waals surface area contributed by atoms with Gasteiger partial charge in [-0.1, -0.05) is 12.1 Å². The van der Waals surface area contributed by atoms with Crippen molar-refractivity contribution in [1.29, 1.82) is 0 Å². The first kappa shape index (κ1) is 40.2. The van der Waals surface area contributed by atoms with Gasteiger partial charge in [-0.3, -0.25) is 19.8 Å². The van der Waals surface area contributed by atoms with E-state index in [1.54, 1.807) is 64.4 Å². The molecule has 14 nitrogen and oxygen atoms in total. The molecule has 0 fully saturated rings. The van der Waals surface area contributed by atoms with Crippen LogP contribution in [0.1, 0.15) is 47.8 Å². The number of ether oxygens (including phenoxy) is 2. The number of nitrogens with zero attached hydrogens (tertiary/aromatic N) is 8. The Labute approximate surface area is 350 Å². The van der Waals surface area contributed by atoms with E-state index >= 15 is 0 Å². The molecular weight excluding hydrogens is 811 g/mol. The van der Waals surface area contributed by atoms with E-state index in [0.717, 1.165) is 21.7 Å². The summed E-state index contributed by atoms with van der Waals surface area (Å²) in [7, 11) is 0. The van der Waals surface area contributed by atoms with Crippen molar-refractivity contribution in [2.24, 2.45) is 0 Å². The van der Waals surface area contributed by atoms with Crippen LogP contribution in [0.2, 0.25) is 0 Å². The highest BCUT2D eigenvalue weighted by Crippen LogP contribution is 2.32. The summed E-state index contributed by atoms with van der Waals surface area (Å²) in [5.74, 6) is -3.53. The molecule has 306 valence electrons. The molecule has 2 aromatic carbocycles. The van der Waals surface area contributed by atoms with Gasteiger partial charge in [0.05, 0.1) is 34.9 Å². The SMILES string of the molecule is Cc1c(C(C)(NCc2cccn2-c2nccs2)OC(=O)C(=O)OC(C)(NCc2cccn2-c2nccs2)c2cnn(-c3cccc(F)c3)c2C)cnn1-c1cccc(F)c1. The predicted octanol–water partition coefficient (Wildman–Crippen LogP) is 7.16. The smallest absolute Gasteiger partial charge is 0.419 e. The Hall–Kier alpha value is -6.60. The van der Waals surface area contributed by atoms with Gasteiger partial charge >= 0.3 is 11.9 Å². The highest BCUT2D eigenvalue weighted by Gasteiger charge is 2.41. The van der Waals surface area contributed by atoms with Gasteiger partial charge in [-0.2, -0.15) is 10.2 Å². The van der Waals surface area contributed by atoms with Gasteiger partial charge in [0.15, 0.2) is 21.7 Å². The minimum atomic E-state index is -1.68. The number of rotatable bonds is 14.